The second kappa shape index (κ2) is 11.0. The first kappa shape index (κ1) is 28.9. The quantitative estimate of drug-likeness (QED) is 0.305. The highest BCUT2D eigenvalue weighted by Gasteiger charge is 2.45. The van der Waals surface area contributed by atoms with Crippen molar-refractivity contribution in [2.45, 2.75) is 53.1 Å². The van der Waals surface area contributed by atoms with E-state index in [1.807, 2.05) is 39.8 Å². The Balaban J connectivity index is 1.67. The number of Topliss-reactive ketones (excluding diaryl/α,β-unsaturated/α-hetero) is 1. The summed E-state index contributed by atoms with van der Waals surface area (Å²) in [6.07, 6.45) is 0.811. The van der Waals surface area contributed by atoms with Crippen molar-refractivity contribution in [3.05, 3.63) is 115 Å². The van der Waals surface area contributed by atoms with Crippen LogP contribution < -0.4 is 15.4 Å². The Kier molecular flexibility index (Phi) is 7.76. The van der Waals surface area contributed by atoms with Crippen LogP contribution in [0.5, 0.6) is 5.75 Å². The van der Waals surface area contributed by atoms with Crippen LogP contribution in [0.2, 0.25) is 5.02 Å². The van der Waals surface area contributed by atoms with Gasteiger partial charge in [-0.15, -0.1) is 0 Å². The summed E-state index contributed by atoms with van der Waals surface area (Å²) in [5.74, 6) is -0.445. The van der Waals surface area contributed by atoms with E-state index >= 15 is 4.39 Å². The number of benzene rings is 3. The average Bonchev–Trinajstić information content (AvgIpc) is 2.89. The number of nitrogens with two attached hydrogens (primary N) is 1. The molecule has 0 amide bonds. The van der Waals surface area contributed by atoms with Crippen LogP contribution in [0.1, 0.15) is 54.9 Å². The van der Waals surface area contributed by atoms with Gasteiger partial charge in [0.1, 0.15) is 24.0 Å². The third-order valence-electron chi connectivity index (χ3n) is 7.78. The number of carbonyl (C=O) groups is 1. The zero-order valence-corrected chi connectivity index (χ0v) is 25.7. The van der Waals surface area contributed by atoms with Crippen molar-refractivity contribution < 1.29 is 13.9 Å². The van der Waals surface area contributed by atoms with Crippen molar-refractivity contribution >= 4 is 39.0 Å². The third-order valence-corrected chi connectivity index (χ3v) is 8.52. The molecular formula is C33H30BrClFN3O2. The lowest BCUT2D eigenvalue weighted by Crippen LogP contribution is -2.42. The summed E-state index contributed by atoms with van der Waals surface area (Å²) < 4.78 is 22.0. The first-order chi connectivity index (χ1) is 19.4. The number of nitriles is 1. The van der Waals surface area contributed by atoms with Gasteiger partial charge in [0.25, 0.3) is 0 Å². The second-order valence-electron chi connectivity index (χ2n) is 11.5. The topological polar surface area (TPSA) is 79.4 Å². The van der Waals surface area contributed by atoms with Gasteiger partial charge in [-0.3, -0.25) is 9.69 Å². The number of ether oxygens (including phenoxy) is 1. The van der Waals surface area contributed by atoms with Gasteiger partial charge in [0, 0.05) is 27.2 Å². The SMILES string of the molecule is Cc1cc(C)c(C2C(C#N)=C(N)N(c3ccc(Br)cc3F)C3=C2C(=O)CC(C)(C)C3)cc1COc1ccc(Cl)cc1. The molecular weight excluding hydrogens is 605 g/mol. The summed E-state index contributed by atoms with van der Waals surface area (Å²) in [6, 6.07) is 18.2. The maximum absolute atomic E-state index is 15.4. The molecule has 0 spiro atoms. The molecule has 41 heavy (non-hydrogen) atoms. The normalized spacial score (nSPS) is 18.3. The molecule has 1 aliphatic heterocycles. The van der Waals surface area contributed by atoms with Crippen molar-refractivity contribution in [3.8, 4) is 11.8 Å². The molecule has 2 N–H and O–H groups in total. The second-order valence-corrected chi connectivity index (χ2v) is 12.8. The van der Waals surface area contributed by atoms with Crippen LogP contribution >= 0.6 is 27.5 Å². The lowest BCUT2D eigenvalue weighted by Gasteiger charge is -2.44. The Morgan fingerprint density at radius 1 is 1.12 bits per heavy atom. The molecule has 0 saturated heterocycles. The van der Waals surface area contributed by atoms with Crippen LogP contribution in [0, 0.1) is 36.4 Å². The monoisotopic (exact) mass is 633 g/mol. The fourth-order valence-electron chi connectivity index (χ4n) is 5.83. The minimum absolute atomic E-state index is 0.0667. The summed E-state index contributed by atoms with van der Waals surface area (Å²) >= 11 is 9.33. The Morgan fingerprint density at radius 3 is 2.49 bits per heavy atom. The van der Waals surface area contributed by atoms with E-state index in [0.717, 1.165) is 22.3 Å². The van der Waals surface area contributed by atoms with E-state index in [0.29, 0.717) is 39.4 Å². The predicted molar refractivity (Wildman–Crippen MR) is 163 cm³/mol. The Labute approximate surface area is 253 Å². The van der Waals surface area contributed by atoms with E-state index in [-0.39, 0.29) is 34.9 Å². The summed E-state index contributed by atoms with van der Waals surface area (Å²) in [7, 11) is 0. The fraction of sp³-hybridized carbons (Fsp3) is 0.273. The van der Waals surface area contributed by atoms with Crippen molar-refractivity contribution in [2.24, 2.45) is 11.1 Å². The molecule has 5 nitrogen and oxygen atoms in total. The number of aryl methyl sites for hydroxylation is 2. The molecule has 0 radical (unpaired) electrons. The lowest BCUT2D eigenvalue weighted by molar-refractivity contribution is -0.118. The first-order valence-corrected chi connectivity index (χ1v) is 14.5. The molecule has 210 valence electrons. The highest BCUT2D eigenvalue weighted by molar-refractivity contribution is 9.10. The molecule has 2 aliphatic rings. The highest BCUT2D eigenvalue weighted by Crippen LogP contribution is 2.51. The number of ketones is 1. The maximum atomic E-state index is 15.4. The predicted octanol–water partition coefficient (Wildman–Crippen LogP) is 8.38. The summed E-state index contributed by atoms with van der Waals surface area (Å²) in [6.45, 7) is 8.30. The number of nitrogens with zero attached hydrogens (tertiary/aromatic N) is 2. The van der Waals surface area contributed by atoms with E-state index in [2.05, 4.69) is 22.0 Å². The van der Waals surface area contributed by atoms with Gasteiger partial charge in [-0.2, -0.15) is 5.26 Å². The van der Waals surface area contributed by atoms with Gasteiger partial charge in [0.05, 0.1) is 23.2 Å². The van der Waals surface area contributed by atoms with Crippen molar-refractivity contribution in [1.82, 2.24) is 0 Å². The average molecular weight is 635 g/mol. The zero-order chi connectivity index (χ0) is 29.6. The smallest absolute Gasteiger partial charge is 0.162 e. The summed E-state index contributed by atoms with van der Waals surface area (Å²) in [5, 5.41) is 11.1. The number of allylic oxidation sites excluding steroid dienone is 3. The molecule has 3 aromatic rings. The van der Waals surface area contributed by atoms with Crippen LogP contribution in [0.3, 0.4) is 0 Å². The largest absolute Gasteiger partial charge is 0.489 e. The Bertz CT molecular complexity index is 1670. The standard InChI is InChI=1S/C33H30BrClFN3O2/c1-18-11-19(2)24(12-20(18)17-41-23-8-6-22(35)7-9-23)30-25(16-37)32(38)39(27-10-5-21(34)13-26(27)36)28-14-33(3,4)15-29(40)31(28)30/h5-13,30H,14-15,17,38H2,1-4H3. The Hall–Kier alpha value is -3.60. The minimum atomic E-state index is -0.678. The van der Waals surface area contributed by atoms with E-state index < -0.39 is 11.7 Å². The molecule has 5 rings (SSSR count). The fourth-order valence-corrected chi connectivity index (χ4v) is 6.29. The Morgan fingerprint density at radius 2 is 1.83 bits per heavy atom. The molecule has 0 saturated carbocycles. The zero-order valence-electron chi connectivity index (χ0n) is 23.3. The minimum Gasteiger partial charge on any atom is -0.489 e. The molecule has 1 unspecified atom stereocenters. The number of hydrogen-bond acceptors (Lipinski definition) is 5. The molecule has 0 bridgehead atoms. The molecule has 8 heteroatoms. The number of anilines is 1. The van der Waals surface area contributed by atoms with Gasteiger partial charge in [-0.05, 0) is 90.4 Å². The van der Waals surface area contributed by atoms with Gasteiger partial charge in [0.2, 0.25) is 0 Å². The van der Waals surface area contributed by atoms with Crippen molar-refractivity contribution in [3.63, 3.8) is 0 Å². The molecule has 1 aliphatic carbocycles. The van der Waals surface area contributed by atoms with Gasteiger partial charge >= 0.3 is 0 Å². The molecule has 1 atom stereocenters. The van der Waals surface area contributed by atoms with Gasteiger partial charge in [-0.1, -0.05) is 53.5 Å². The van der Waals surface area contributed by atoms with Crippen LogP contribution in [0.4, 0.5) is 10.1 Å². The summed E-state index contributed by atoms with van der Waals surface area (Å²) in [4.78, 5) is 15.5. The number of rotatable bonds is 5. The highest BCUT2D eigenvalue weighted by atomic mass is 79.9. The number of halogens is 3. The number of carbonyl (C=O) groups excluding carboxylic acids is 1. The summed E-state index contributed by atoms with van der Waals surface area (Å²) in [5.41, 5.74) is 11.6. The first-order valence-electron chi connectivity index (χ1n) is 13.3. The van der Waals surface area contributed by atoms with Gasteiger partial charge in [-0.25, -0.2) is 4.39 Å². The van der Waals surface area contributed by atoms with Crippen LogP contribution in [0.25, 0.3) is 0 Å². The molecule has 1 heterocycles. The third kappa shape index (κ3) is 5.51. The van der Waals surface area contributed by atoms with Crippen molar-refractivity contribution in [2.75, 3.05) is 4.90 Å². The van der Waals surface area contributed by atoms with Gasteiger partial charge in [0.15, 0.2) is 5.78 Å². The van der Waals surface area contributed by atoms with E-state index in [1.54, 1.807) is 41.3 Å². The molecule has 3 aromatic carbocycles. The van der Waals surface area contributed by atoms with Crippen molar-refractivity contribution in [1.29, 1.82) is 5.26 Å². The lowest BCUT2D eigenvalue weighted by atomic mass is 9.68. The maximum Gasteiger partial charge on any atom is 0.162 e. The van der Waals surface area contributed by atoms with Crippen LogP contribution in [0.15, 0.2) is 81.7 Å². The van der Waals surface area contributed by atoms with Gasteiger partial charge < -0.3 is 10.5 Å². The number of hydrogen-bond donors (Lipinski definition) is 1. The van der Waals surface area contributed by atoms with E-state index in [4.69, 9.17) is 22.1 Å². The van der Waals surface area contributed by atoms with Crippen LogP contribution in [-0.2, 0) is 11.4 Å². The molecule has 0 fully saturated rings. The van der Waals surface area contributed by atoms with E-state index in [9.17, 15) is 10.1 Å². The molecule has 0 aromatic heterocycles. The van der Waals surface area contributed by atoms with E-state index in [1.165, 1.54) is 6.07 Å². The van der Waals surface area contributed by atoms with Crippen LogP contribution in [-0.4, -0.2) is 5.78 Å².